The molecule has 0 radical (unpaired) electrons. The van der Waals surface area contributed by atoms with Gasteiger partial charge in [-0.2, -0.15) is 8.60 Å². The van der Waals surface area contributed by atoms with Crippen molar-refractivity contribution in [2.45, 2.75) is 0 Å². The van der Waals surface area contributed by atoms with E-state index in [0.29, 0.717) is 0 Å². The average molecular weight is 350 g/mol. The fraction of sp³-hybridized carbons (Fsp3) is 0. The van der Waals surface area contributed by atoms with Crippen molar-refractivity contribution in [1.82, 2.24) is 0 Å². The molecule has 0 unspecified atom stereocenters. The third kappa shape index (κ3) is 720. The number of hydrogen-bond acceptors (Lipinski definition) is 9. The van der Waals surface area contributed by atoms with Gasteiger partial charge in [0.2, 0.25) is 0 Å². The minimum absolute atomic E-state index is 0. The summed E-state index contributed by atoms with van der Waals surface area (Å²) in [5.41, 5.74) is 0. The maximum atomic E-state index is 8.59. The molecule has 0 rings (SSSR count). The number of rotatable bonds is 0. The zero-order valence-corrected chi connectivity index (χ0v) is 9.84. The molecule has 0 aromatic rings. The summed E-state index contributed by atoms with van der Waals surface area (Å²) in [5.74, 6) is 0. The number of hydrogen-bond donors (Lipinski definition) is 7. The monoisotopic (exact) mass is 350 g/mol. The third-order valence-electron chi connectivity index (χ3n) is 0. The molecule has 13 heavy (non-hydrogen) atoms. The Morgan fingerprint density at radius 1 is 0.615 bits per heavy atom. The molecule has 0 bridgehead atoms. The zero-order chi connectivity index (χ0) is 10.7. The van der Waals surface area contributed by atoms with Crippen LogP contribution in [0.5, 0.6) is 0 Å². The smallest absolute Gasteiger partial charge is 0.820 e. The Labute approximate surface area is 90.6 Å². The topological polar surface area (TPSA) is 188 Å². The average Bonchev–Trinajstić information content (AvgIpc) is 1.54. The SMILES string of the molecule is OP(O)O.OP(O)O.[O-]P([O-])O.[Pd+2]. The predicted octanol–water partition coefficient (Wildman–Crippen LogP) is -3.70. The van der Waals surface area contributed by atoms with Crippen molar-refractivity contribution in [3.63, 3.8) is 0 Å². The molecule has 0 heterocycles. The van der Waals surface area contributed by atoms with Crippen LogP contribution in [0.25, 0.3) is 0 Å². The molecule has 7 N–H and O–H groups in total. The second-order valence-electron chi connectivity index (χ2n) is 0.774. The molecule has 0 saturated heterocycles. The first-order valence-corrected chi connectivity index (χ1v) is 5.30. The van der Waals surface area contributed by atoms with Crippen molar-refractivity contribution in [2.75, 3.05) is 0 Å². The fourth-order valence-corrected chi connectivity index (χ4v) is 0. The van der Waals surface area contributed by atoms with Gasteiger partial charge < -0.3 is 44.0 Å². The van der Waals surface area contributed by atoms with E-state index in [0.717, 1.165) is 0 Å². The Bertz CT molecular complexity index is 43.4. The van der Waals surface area contributed by atoms with Gasteiger partial charge in [0.25, 0.3) is 0 Å². The molecule has 0 fully saturated rings. The van der Waals surface area contributed by atoms with Crippen molar-refractivity contribution >= 4 is 25.8 Å². The van der Waals surface area contributed by atoms with Crippen LogP contribution in [0.2, 0.25) is 0 Å². The summed E-state index contributed by atoms with van der Waals surface area (Å²) in [4.78, 5) is 67.6. The van der Waals surface area contributed by atoms with Crippen LogP contribution in [0.1, 0.15) is 0 Å². The van der Waals surface area contributed by atoms with E-state index in [9.17, 15) is 0 Å². The molecule has 13 heteroatoms. The van der Waals surface area contributed by atoms with Crippen molar-refractivity contribution in [2.24, 2.45) is 0 Å². The molecule has 0 spiro atoms. The molecule has 0 aliphatic rings. The van der Waals surface area contributed by atoms with Gasteiger partial charge in [-0.05, 0) is 0 Å². The maximum Gasteiger partial charge on any atom is 2.00 e. The summed E-state index contributed by atoms with van der Waals surface area (Å²) >= 11 is 0. The summed E-state index contributed by atoms with van der Waals surface area (Å²) in [6, 6.07) is 0. The van der Waals surface area contributed by atoms with Gasteiger partial charge in [0.1, 0.15) is 0 Å². The van der Waals surface area contributed by atoms with Gasteiger partial charge in [-0.15, -0.1) is 0 Å². The van der Waals surface area contributed by atoms with E-state index in [-0.39, 0.29) is 20.4 Å². The van der Waals surface area contributed by atoms with E-state index in [1.807, 2.05) is 0 Å². The molecule has 0 aliphatic heterocycles. The fourth-order valence-electron chi connectivity index (χ4n) is 0. The van der Waals surface area contributed by atoms with E-state index in [2.05, 4.69) is 0 Å². The van der Waals surface area contributed by atoms with E-state index in [4.69, 9.17) is 44.0 Å². The molecule has 0 amide bonds. The van der Waals surface area contributed by atoms with Gasteiger partial charge >= 0.3 is 37.6 Å². The van der Waals surface area contributed by atoms with Crippen molar-refractivity contribution in [1.29, 1.82) is 0 Å². The minimum Gasteiger partial charge on any atom is -0.820 e. The second-order valence-corrected chi connectivity index (χ2v) is 2.32. The Hall–Kier alpha value is 1.59. The van der Waals surface area contributed by atoms with Crippen molar-refractivity contribution in [3.05, 3.63) is 0 Å². The minimum atomic E-state index is -3.12. The van der Waals surface area contributed by atoms with Crippen LogP contribution in [0.15, 0.2) is 0 Å². The second kappa shape index (κ2) is 19.2. The summed E-state index contributed by atoms with van der Waals surface area (Å²) in [7, 11) is -8.36. The van der Waals surface area contributed by atoms with Crippen LogP contribution in [-0.4, -0.2) is 34.3 Å². The molecule has 0 saturated carbocycles. The van der Waals surface area contributed by atoms with Gasteiger partial charge in [-0.25, -0.2) is 0 Å². The predicted molar refractivity (Wildman–Crippen MR) is 36.3 cm³/mol. The summed E-state index contributed by atoms with van der Waals surface area (Å²) in [6.45, 7) is 0. The van der Waals surface area contributed by atoms with Crippen LogP contribution >= 0.6 is 25.8 Å². The standard InChI is InChI=1S/2H3O3P.HO3P.Pd/c3*1-4(2)3;/h2*1-3H;1H;/q;;-2;+2. The first-order chi connectivity index (χ1) is 5.20. The normalized spacial score (nSPS) is 8.31. The summed E-state index contributed by atoms with van der Waals surface area (Å²) < 4.78 is 0. The van der Waals surface area contributed by atoms with Gasteiger partial charge in [0.15, 0.2) is 0 Å². The maximum absolute atomic E-state index is 8.59. The largest absolute Gasteiger partial charge is 2.00 e. The van der Waals surface area contributed by atoms with E-state index in [1.165, 1.54) is 0 Å². The molecular weight excluding hydrogens is 343 g/mol. The summed E-state index contributed by atoms with van der Waals surface area (Å²) in [5, 5.41) is 0. The molecule has 0 aromatic heterocycles. The van der Waals surface area contributed by atoms with Crippen LogP contribution < -0.4 is 9.79 Å². The Balaban J connectivity index is -0.0000000450. The van der Waals surface area contributed by atoms with E-state index in [1.54, 1.807) is 0 Å². The first kappa shape index (κ1) is 24.0. The molecule has 0 atom stereocenters. The van der Waals surface area contributed by atoms with E-state index >= 15 is 0 Å². The molecule has 0 aromatic carbocycles. The van der Waals surface area contributed by atoms with Crippen molar-refractivity contribution in [3.8, 4) is 0 Å². The summed E-state index contributed by atoms with van der Waals surface area (Å²) in [6.07, 6.45) is 0. The van der Waals surface area contributed by atoms with Gasteiger partial charge in [0.05, 0.1) is 0 Å². The molecular formula is H7O9P3Pd. The first-order valence-electron chi connectivity index (χ1n) is 1.77. The molecule has 9 nitrogen and oxygen atoms in total. The Kier molecular flexibility index (Phi) is 35.5. The molecule has 86 valence electrons. The Morgan fingerprint density at radius 2 is 0.615 bits per heavy atom. The van der Waals surface area contributed by atoms with Crippen LogP contribution in [0.4, 0.5) is 0 Å². The molecule has 0 aliphatic carbocycles. The van der Waals surface area contributed by atoms with Crippen LogP contribution in [-0.2, 0) is 20.4 Å². The van der Waals surface area contributed by atoms with Crippen LogP contribution in [0, 0.1) is 0 Å². The van der Waals surface area contributed by atoms with Gasteiger partial charge in [-0.3, -0.25) is 0 Å². The van der Waals surface area contributed by atoms with Gasteiger partial charge in [0, 0.05) is 0 Å². The van der Waals surface area contributed by atoms with E-state index < -0.39 is 25.8 Å². The quantitative estimate of drug-likeness (QED) is 0.170. The zero-order valence-electron chi connectivity index (χ0n) is 5.60. The van der Waals surface area contributed by atoms with Crippen LogP contribution in [0.3, 0.4) is 0 Å². The van der Waals surface area contributed by atoms with Gasteiger partial charge in [-0.1, -0.05) is 0 Å². The Morgan fingerprint density at radius 3 is 0.615 bits per heavy atom. The third-order valence-corrected chi connectivity index (χ3v) is 0. The van der Waals surface area contributed by atoms with Crippen molar-refractivity contribution < 1.29 is 64.5 Å².